The smallest absolute Gasteiger partial charge is 0.329 e. The molecule has 0 fully saturated rings. The molecule has 1 heterocycles. The van der Waals surface area contributed by atoms with Crippen LogP contribution in [-0.2, 0) is 0 Å². The number of nitrogens with one attached hydrogen (secondary N) is 1. The number of aliphatic hydroxyl groups is 2. The Morgan fingerprint density at radius 1 is 1.56 bits per heavy atom. The van der Waals surface area contributed by atoms with Crippen LogP contribution >= 0.6 is 0 Å². The Labute approximate surface area is 103 Å². The number of nitrogens with zero attached hydrogens (tertiary/aromatic N) is 3. The number of nitro groups is 1. The van der Waals surface area contributed by atoms with Crippen LogP contribution in [0.2, 0.25) is 0 Å². The quantitative estimate of drug-likeness (QED) is 0.394. The van der Waals surface area contributed by atoms with Crippen LogP contribution in [0.15, 0.2) is 6.20 Å². The molecule has 0 amide bonds. The average molecular weight is 257 g/mol. The van der Waals surface area contributed by atoms with Crippen LogP contribution in [0.4, 0.5) is 17.5 Å². The van der Waals surface area contributed by atoms with Gasteiger partial charge in [0.2, 0.25) is 11.8 Å². The zero-order valence-corrected chi connectivity index (χ0v) is 9.83. The molecule has 0 aliphatic heterocycles. The predicted molar refractivity (Wildman–Crippen MR) is 63.9 cm³/mol. The van der Waals surface area contributed by atoms with Gasteiger partial charge in [-0.1, -0.05) is 6.92 Å². The van der Waals surface area contributed by atoms with Gasteiger partial charge in [0.15, 0.2) is 0 Å². The number of nitrogen functional groups attached to an aromatic ring is 1. The van der Waals surface area contributed by atoms with Gasteiger partial charge in [0.05, 0.1) is 23.7 Å². The van der Waals surface area contributed by atoms with Crippen molar-refractivity contribution in [2.45, 2.75) is 18.9 Å². The van der Waals surface area contributed by atoms with E-state index in [2.05, 4.69) is 15.3 Å². The minimum atomic E-state index is -1.09. The summed E-state index contributed by atoms with van der Waals surface area (Å²) in [6.45, 7) is 0.915. The van der Waals surface area contributed by atoms with Gasteiger partial charge in [-0.2, -0.15) is 4.98 Å². The summed E-state index contributed by atoms with van der Waals surface area (Å²) in [5, 5.41) is 32.0. The highest BCUT2D eigenvalue weighted by Crippen LogP contribution is 2.25. The summed E-state index contributed by atoms with van der Waals surface area (Å²) < 4.78 is 0. The summed E-state index contributed by atoms with van der Waals surface area (Å²) in [6.07, 6.45) is 1.32. The lowest BCUT2D eigenvalue weighted by Crippen LogP contribution is -2.45. The third kappa shape index (κ3) is 2.81. The first-order chi connectivity index (χ1) is 8.48. The van der Waals surface area contributed by atoms with Crippen molar-refractivity contribution in [2.24, 2.45) is 0 Å². The Bertz CT molecular complexity index is 427. The van der Waals surface area contributed by atoms with Crippen LogP contribution in [0.1, 0.15) is 13.3 Å². The van der Waals surface area contributed by atoms with E-state index in [4.69, 9.17) is 5.73 Å². The van der Waals surface area contributed by atoms with Crippen molar-refractivity contribution >= 4 is 17.5 Å². The molecule has 0 unspecified atom stereocenters. The Balaban J connectivity index is 3.16. The third-order valence-electron chi connectivity index (χ3n) is 2.65. The van der Waals surface area contributed by atoms with Crippen LogP contribution in [0.3, 0.4) is 0 Å². The molecule has 0 atom stereocenters. The lowest BCUT2D eigenvalue weighted by molar-refractivity contribution is -0.384. The lowest BCUT2D eigenvalue weighted by atomic mass is 9.98. The highest BCUT2D eigenvalue weighted by Gasteiger charge is 2.30. The number of rotatable bonds is 6. The van der Waals surface area contributed by atoms with E-state index in [1.807, 2.05) is 0 Å². The maximum absolute atomic E-state index is 10.8. The Morgan fingerprint density at radius 3 is 2.61 bits per heavy atom. The molecular weight excluding hydrogens is 242 g/mol. The summed E-state index contributed by atoms with van der Waals surface area (Å²) in [5.41, 5.74) is 3.90. The zero-order chi connectivity index (χ0) is 13.8. The Kier molecular flexibility index (Phi) is 4.34. The van der Waals surface area contributed by atoms with E-state index in [-0.39, 0.29) is 17.5 Å². The minimum Gasteiger partial charge on any atom is -0.394 e. The van der Waals surface area contributed by atoms with Crippen molar-refractivity contribution in [2.75, 3.05) is 24.3 Å². The molecule has 5 N–H and O–H groups in total. The van der Waals surface area contributed by atoms with Gasteiger partial charge in [-0.25, -0.2) is 4.98 Å². The van der Waals surface area contributed by atoms with Gasteiger partial charge in [0.25, 0.3) is 0 Å². The van der Waals surface area contributed by atoms with Gasteiger partial charge in [0.1, 0.15) is 6.20 Å². The van der Waals surface area contributed by atoms with Crippen LogP contribution in [0, 0.1) is 10.1 Å². The molecule has 100 valence electrons. The molecule has 0 spiro atoms. The molecule has 0 aliphatic carbocycles. The highest BCUT2D eigenvalue weighted by atomic mass is 16.6. The van der Waals surface area contributed by atoms with Crippen molar-refractivity contribution in [3.63, 3.8) is 0 Å². The van der Waals surface area contributed by atoms with Crippen LogP contribution < -0.4 is 11.1 Å². The molecule has 0 aliphatic rings. The SMILES string of the molecule is CCC(CO)(CO)Nc1nc(N)ncc1[N+](=O)[O-]. The predicted octanol–water partition coefficient (Wildman–Crippen LogP) is -0.488. The number of anilines is 2. The summed E-state index contributed by atoms with van der Waals surface area (Å²) in [5.74, 6) is -0.263. The average Bonchev–Trinajstić information content (AvgIpc) is 2.36. The highest BCUT2D eigenvalue weighted by molar-refractivity contribution is 5.57. The van der Waals surface area contributed by atoms with E-state index in [0.29, 0.717) is 6.42 Å². The van der Waals surface area contributed by atoms with E-state index in [0.717, 1.165) is 6.20 Å². The van der Waals surface area contributed by atoms with Gasteiger partial charge in [-0.3, -0.25) is 10.1 Å². The van der Waals surface area contributed by atoms with E-state index < -0.39 is 23.7 Å². The van der Waals surface area contributed by atoms with Gasteiger partial charge in [0, 0.05) is 0 Å². The van der Waals surface area contributed by atoms with Gasteiger partial charge in [-0.05, 0) is 6.42 Å². The normalized spacial score (nSPS) is 11.3. The summed E-state index contributed by atoms with van der Waals surface area (Å²) in [7, 11) is 0. The fraction of sp³-hybridized carbons (Fsp3) is 0.556. The van der Waals surface area contributed by atoms with E-state index >= 15 is 0 Å². The molecule has 0 saturated heterocycles. The number of nitrogens with two attached hydrogens (primary N) is 1. The number of hydrogen-bond acceptors (Lipinski definition) is 8. The summed E-state index contributed by atoms with van der Waals surface area (Å²) in [6, 6.07) is 0. The van der Waals surface area contributed by atoms with E-state index in [1.165, 1.54) is 0 Å². The Morgan fingerprint density at radius 2 is 2.17 bits per heavy atom. The largest absolute Gasteiger partial charge is 0.394 e. The fourth-order valence-electron chi connectivity index (χ4n) is 1.31. The van der Waals surface area contributed by atoms with Crippen LogP contribution in [0.25, 0.3) is 0 Å². The molecule has 1 rings (SSSR count). The monoisotopic (exact) mass is 257 g/mol. The second-order valence-electron chi connectivity index (χ2n) is 3.79. The Hall–Kier alpha value is -2.00. The third-order valence-corrected chi connectivity index (χ3v) is 2.65. The summed E-state index contributed by atoms with van der Waals surface area (Å²) >= 11 is 0. The second kappa shape index (κ2) is 5.56. The number of aromatic nitrogens is 2. The van der Waals surface area contributed by atoms with Crippen molar-refractivity contribution in [3.05, 3.63) is 16.3 Å². The lowest BCUT2D eigenvalue weighted by Gasteiger charge is -2.29. The topological polar surface area (TPSA) is 147 Å². The van der Waals surface area contributed by atoms with Crippen molar-refractivity contribution < 1.29 is 15.1 Å². The maximum atomic E-state index is 10.8. The van der Waals surface area contributed by atoms with Gasteiger partial charge in [-0.15, -0.1) is 0 Å². The molecule has 0 bridgehead atoms. The molecule has 9 heteroatoms. The molecule has 9 nitrogen and oxygen atoms in total. The van der Waals surface area contributed by atoms with Gasteiger partial charge >= 0.3 is 5.69 Å². The first-order valence-electron chi connectivity index (χ1n) is 5.25. The number of aliphatic hydroxyl groups excluding tert-OH is 2. The van der Waals surface area contributed by atoms with E-state index in [9.17, 15) is 20.3 Å². The van der Waals surface area contributed by atoms with Crippen molar-refractivity contribution in [3.8, 4) is 0 Å². The molecule has 1 aromatic heterocycles. The molecule has 0 radical (unpaired) electrons. The van der Waals surface area contributed by atoms with E-state index in [1.54, 1.807) is 6.92 Å². The fourth-order valence-corrected chi connectivity index (χ4v) is 1.31. The van der Waals surface area contributed by atoms with Crippen molar-refractivity contribution in [1.29, 1.82) is 0 Å². The van der Waals surface area contributed by atoms with Crippen LogP contribution in [-0.4, -0.2) is 43.9 Å². The maximum Gasteiger partial charge on any atom is 0.329 e. The molecule has 18 heavy (non-hydrogen) atoms. The second-order valence-corrected chi connectivity index (χ2v) is 3.79. The molecule has 1 aromatic rings. The molecule has 0 saturated carbocycles. The number of hydrogen-bond donors (Lipinski definition) is 4. The summed E-state index contributed by atoms with van der Waals surface area (Å²) in [4.78, 5) is 17.4. The zero-order valence-electron chi connectivity index (χ0n) is 9.83. The first-order valence-corrected chi connectivity index (χ1v) is 5.25. The molecule has 0 aromatic carbocycles. The first kappa shape index (κ1) is 14.1. The molecular formula is C9H15N5O4. The minimum absolute atomic E-state index is 0.127. The standard InChI is InChI=1S/C9H15N5O4/c1-2-9(4-15,5-16)13-7-6(14(17)18)3-11-8(10)12-7/h3,15-16H,2,4-5H2,1H3,(H3,10,11,12,13). The van der Waals surface area contributed by atoms with Gasteiger partial charge < -0.3 is 21.3 Å². The van der Waals surface area contributed by atoms with Crippen molar-refractivity contribution in [1.82, 2.24) is 9.97 Å². The van der Waals surface area contributed by atoms with Crippen LogP contribution in [0.5, 0.6) is 0 Å².